The minimum absolute atomic E-state index is 0.157. The summed E-state index contributed by atoms with van der Waals surface area (Å²) >= 11 is 0. The molecule has 0 aliphatic carbocycles. The van der Waals surface area contributed by atoms with Gasteiger partial charge in [-0.2, -0.15) is 9.78 Å². The Hall–Kier alpha value is -4.67. The molecular formula is C23H16F2N4O5. The molecule has 0 unspecified atom stereocenters. The average molecular weight is 466 g/mol. The fourth-order valence-corrected chi connectivity index (χ4v) is 3.73. The molecule has 1 aromatic heterocycles. The van der Waals surface area contributed by atoms with E-state index in [4.69, 9.17) is 5.73 Å². The van der Waals surface area contributed by atoms with E-state index < -0.39 is 46.5 Å². The van der Waals surface area contributed by atoms with Crippen LogP contribution >= 0.6 is 0 Å². The Balaban J connectivity index is 1.92. The summed E-state index contributed by atoms with van der Waals surface area (Å²) in [5.41, 5.74) is 3.84. The van der Waals surface area contributed by atoms with Crippen molar-refractivity contribution in [1.29, 1.82) is 0 Å². The number of carbonyl (C=O) groups is 3. The van der Waals surface area contributed by atoms with Gasteiger partial charge in [-0.1, -0.05) is 12.1 Å². The largest absolute Gasteiger partial charge is 0.478 e. The van der Waals surface area contributed by atoms with Gasteiger partial charge in [0.2, 0.25) is 5.91 Å². The highest BCUT2D eigenvalue weighted by Gasteiger charge is 2.35. The van der Waals surface area contributed by atoms with Crippen molar-refractivity contribution in [3.05, 3.63) is 99.6 Å². The molecule has 0 spiro atoms. The van der Waals surface area contributed by atoms with Crippen LogP contribution in [0.5, 0.6) is 0 Å². The van der Waals surface area contributed by atoms with Gasteiger partial charge in [-0.15, -0.1) is 0 Å². The Kier molecular flexibility index (Phi) is 5.76. The van der Waals surface area contributed by atoms with E-state index >= 15 is 0 Å². The lowest BCUT2D eigenvalue weighted by Crippen LogP contribution is -2.36. The standard InChI is InChI=1S/C23H16F2N4O5/c24-13-5-3-12(4-6-13)14-9-21(31)28(11-16(14)23(33)34)18-10-17(25)15(22(26)32)8-19(18)29-20(30)2-1-7-27-29/h1-8,10-11,14H,9H2,(H2,26,32)(H,33,34)/t14-/m0/s1. The predicted molar refractivity (Wildman–Crippen MR) is 115 cm³/mol. The number of rotatable bonds is 5. The van der Waals surface area contributed by atoms with Crippen LogP contribution in [-0.2, 0) is 9.59 Å². The van der Waals surface area contributed by atoms with Crippen LogP contribution in [0, 0.1) is 11.6 Å². The molecular weight excluding hydrogens is 450 g/mol. The summed E-state index contributed by atoms with van der Waals surface area (Å²) in [7, 11) is 0. The molecule has 11 heteroatoms. The molecule has 4 rings (SSSR count). The first-order valence-electron chi connectivity index (χ1n) is 9.88. The highest BCUT2D eigenvalue weighted by molar-refractivity contribution is 6.04. The van der Waals surface area contributed by atoms with Crippen molar-refractivity contribution < 1.29 is 28.3 Å². The minimum atomic E-state index is -1.35. The van der Waals surface area contributed by atoms with Crippen molar-refractivity contribution in [3.63, 3.8) is 0 Å². The summed E-state index contributed by atoms with van der Waals surface area (Å²) < 4.78 is 28.9. The monoisotopic (exact) mass is 466 g/mol. The number of nitrogens with two attached hydrogens (primary N) is 1. The topological polar surface area (TPSA) is 136 Å². The van der Waals surface area contributed by atoms with Gasteiger partial charge in [-0.3, -0.25) is 19.3 Å². The molecule has 34 heavy (non-hydrogen) atoms. The van der Waals surface area contributed by atoms with Crippen LogP contribution in [0.1, 0.15) is 28.3 Å². The lowest BCUT2D eigenvalue weighted by atomic mass is 9.85. The number of nitrogens with zero attached hydrogens (tertiary/aromatic N) is 3. The summed E-state index contributed by atoms with van der Waals surface area (Å²) in [6, 6.07) is 9.34. The van der Waals surface area contributed by atoms with E-state index in [1.165, 1.54) is 24.4 Å². The maximum absolute atomic E-state index is 14.7. The number of benzene rings is 2. The smallest absolute Gasteiger partial charge is 0.333 e. The SMILES string of the molecule is NC(=O)c1cc(-n2ncccc2=O)c(N2C=C(C(=O)O)[C@H](c3ccc(F)cc3)CC2=O)cc1F. The van der Waals surface area contributed by atoms with Gasteiger partial charge in [0.25, 0.3) is 11.5 Å². The molecule has 1 aliphatic rings. The number of hydrogen-bond donors (Lipinski definition) is 2. The van der Waals surface area contributed by atoms with E-state index in [1.807, 2.05) is 0 Å². The van der Waals surface area contributed by atoms with Crippen LogP contribution < -0.4 is 16.2 Å². The van der Waals surface area contributed by atoms with E-state index in [2.05, 4.69) is 5.10 Å². The minimum Gasteiger partial charge on any atom is -0.478 e. The van der Waals surface area contributed by atoms with Gasteiger partial charge in [0, 0.05) is 36.9 Å². The first-order chi connectivity index (χ1) is 16.2. The normalized spacial score (nSPS) is 15.7. The zero-order valence-corrected chi connectivity index (χ0v) is 17.3. The summed E-state index contributed by atoms with van der Waals surface area (Å²) in [6.07, 6.45) is 1.94. The molecule has 0 saturated heterocycles. The number of primary amides is 1. The Morgan fingerprint density at radius 1 is 1.06 bits per heavy atom. The molecule has 0 saturated carbocycles. The number of aromatic nitrogens is 2. The van der Waals surface area contributed by atoms with Crippen LogP contribution in [0.15, 0.2) is 71.3 Å². The number of anilines is 1. The molecule has 9 nitrogen and oxygen atoms in total. The maximum atomic E-state index is 14.7. The molecule has 1 aliphatic heterocycles. The summed E-state index contributed by atoms with van der Waals surface area (Å²) in [5.74, 6) is -5.58. The number of carboxylic acids is 1. The molecule has 0 bridgehead atoms. The summed E-state index contributed by atoms with van der Waals surface area (Å²) in [5, 5.41) is 13.7. The fraction of sp³-hybridized carbons (Fsp3) is 0.0870. The molecule has 3 N–H and O–H groups in total. The molecule has 2 heterocycles. The van der Waals surface area contributed by atoms with E-state index in [1.54, 1.807) is 0 Å². The van der Waals surface area contributed by atoms with E-state index in [9.17, 15) is 33.1 Å². The summed E-state index contributed by atoms with van der Waals surface area (Å²) in [6.45, 7) is 0. The second kappa shape index (κ2) is 8.70. The van der Waals surface area contributed by atoms with Crippen molar-refractivity contribution >= 4 is 23.5 Å². The van der Waals surface area contributed by atoms with Gasteiger partial charge in [-0.05, 0) is 29.8 Å². The lowest BCUT2D eigenvalue weighted by molar-refractivity contribution is -0.133. The number of carbonyl (C=O) groups excluding carboxylic acids is 2. The first kappa shape index (κ1) is 22.5. The van der Waals surface area contributed by atoms with Crippen molar-refractivity contribution in [1.82, 2.24) is 9.78 Å². The quantitative estimate of drug-likeness (QED) is 0.591. The zero-order valence-electron chi connectivity index (χ0n) is 17.3. The molecule has 3 aromatic rings. The van der Waals surface area contributed by atoms with Gasteiger partial charge in [0.15, 0.2) is 0 Å². The third kappa shape index (κ3) is 4.06. The van der Waals surface area contributed by atoms with E-state index in [-0.39, 0.29) is 23.4 Å². The maximum Gasteiger partial charge on any atom is 0.333 e. The number of halogens is 2. The van der Waals surface area contributed by atoms with Gasteiger partial charge >= 0.3 is 5.97 Å². The molecule has 1 atom stereocenters. The first-order valence-corrected chi connectivity index (χ1v) is 9.88. The predicted octanol–water partition coefficient (Wildman–Crippen LogP) is 2.10. The number of amides is 2. The van der Waals surface area contributed by atoms with Crippen LogP contribution in [0.3, 0.4) is 0 Å². The third-order valence-corrected chi connectivity index (χ3v) is 5.34. The van der Waals surface area contributed by atoms with Gasteiger partial charge in [0.1, 0.15) is 11.6 Å². The number of hydrogen-bond acceptors (Lipinski definition) is 5. The van der Waals surface area contributed by atoms with E-state index in [0.29, 0.717) is 5.56 Å². The Morgan fingerprint density at radius 2 is 1.76 bits per heavy atom. The Labute approximate surface area is 190 Å². The van der Waals surface area contributed by atoms with Gasteiger partial charge in [-0.25, -0.2) is 13.6 Å². The van der Waals surface area contributed by atoms with Crippen molar-refractivity contribution in [2.24, 2.45) is 5.73 Å². The number of aliphatic carboxylic acids is 1. The highest BCUT2D eigenvalue weighted by Crippen LogP contribution is 2.37. The highest BCUT2D eigenvalue weighted by atomic mass is 19.1. The molecule has 2 aromatic carbocycles. The second-order valence-corrected chi connectivity index (χ2v) is 7.42. The van der Waals surface area contributed by atoms with Crippen LogP contribution in [0.25, 0.3) is 5.69 Å². The Bertz CT molecular complexity index is 1420. The van der Waals surface area contributed by atoms with Crippen LogP contribution in [0.2, 0.25) is 0 Å². The van der Waals surface area contributed by atoms with Crippen molar-refractivity contribution in [2.75, 3.05) is 4.90 Å². The summed E-state index contributed by atoms with van der Waals surface area (Å²) in [4.78, 5) is 50.1. The van der Waals surface area contributed by atoms with Gasteiger partial charge < -0.3 is 10.8 Å². The van der Waals surface area contributed by atoms with Gasteiger partial charge in [0.05, 0.1) is 22.5 Å². The number of carboxylic acid groups (broad SMARTS) is 1. The molecule has 0 fully saturated rings. The fourth-order valence-electron chi connectivity index (χ4n) is 3.73. The molecule has 2 amide bonds. The zero-order chi connectivity index (χ0) is 24.6. The van der Waals surface area contributed by atoms with Crippen LogP contribution in [-0.4, -0.2) is 32.7 Å². The lowest BCUT2D eigenvalue weighted by Gasteiger charge is -2.31. The van der Waals surface area contributed by atoms with Crippen LogP contribution in [0.4, 0.5) is 14.5 Å². The molecule has 0 radical (unpaired) electrons. The molecule has 172 valence electrons. The van der Waals surface area contributed by atoms with E-state index in [0.717, 1.165) is 46.1 Å². The van der Waals surface area contributed by atoms with Crippen molar-refractivity contribution in [3.8, 4) is 5.69 Å². The average Bonchev–Trinajstić information content (AvgIpc) is 2.79. The second-order valence-electron chi connectivity index (χ2n) is 7.42. The Morgan fingerprint density at radius 3 is 2.38 bits per heavy atom. The van der Waals surface area contributed by atoms with Crippen molar-refractivity contribution in [2.45, 2.75) is 12.3 Å². The third-order valence-electron chi connectivity index (χ3n) is 5.34.